The minimum atomic E-state index is -0.213. The van der Waals surface area contributed by atoms with E-state index in [9.17, 15) is 9.59 Å². The summed E-state index contributed by atoms with van der Waals surface area (Å²) in [4.78, 5) is 32.2. The van der Waals surface area contributed by atoms with Gasteiger partial charge in [-0.3, -0.25) is 9.59 Å². The van der Waals surface area contributed by atoms with Crippen LogP contribution in [0.4, 0.5) is 5.69 Å². The summed E-state index contributed by atoms with van der Waals surface area (Å²) < 4.78 is 0. The summed E-state index contributed by atoms with van der Waals surface area (Å²) in [7, 11) is 0. The summed E-state index contributed by atoms with van der Waals surface area (Å²) in [5, 5.41) is 3.29. The smallest absolute Gasteiger partial charge is 0.251 e. The van der Waals surface area contributed by atoms with Gasteiger partial charge < -0.3 is 10.3 Å². The quantitative estimate of drug-likeness (QED) is 0.464. The van der Waals surface area contributed by atoms with Gasteiger partial charge in [0.25, 0.3) is 5.56 Å². The molecule has 27 heavy (non-hydrogen) atoms. The Balaban J connectivity index is 1.57. The first kappa shape index (κ1) is 19.3. The molecule has 0 aliphatic carbocycles. The second kappa shape index (κ2) is 9.43. The first-order valence-electron chi connectivity index (χ1n) is 8.36. The SMILES string of the molecule is Cc1cccc(NC(=O)CSc2nc(CSc3ccccc3)cc(=O)[nH]2)c1. The molecule has 0 aliphatic heterocycles. The van der Waals surface area contributed by atoms with E-state index in [1.807, 2.05) is 61.5 Å². The van der Waals surface area contributed by atoms with Crippen molar-refractivity contribution in [2.24, 2.45) is 0 Å². The third-order valence-corrected chi connectivity index (χ3v) is 5.46. The van der Waals surface area contributed by atoms with E-state index in [-0.39, 0.29) is 17.2 Å². The minimum absolute atomic E-state index is 0.141. The number of thioether (sulfide) groups is 2. The van der Waals surface area contributed by atoms with Gasteiger partial charge in [0, 0.05) is 22.4 Å². The van der Waals surface area contributed by atoms with Crippen LogP contribution in [-0.4, -0.2) is 21.6 Å². The molecule has 0 bridgehead atoms. The summed E-state index contributed by atoms with van der Waals surface area (Å²) in [6.07, 6.45) is 0. The van der Waals surface area contributed by atoms with Crippen LogP contribution in [0.15, 0.2) is 75.5 Å². The molecule has 1 amide bonds. The van der Waals surface area contributed by atoms with Gasteiger partial charge in [0.05, 0.1) is 11.4 Å². The van der Waals surface area contributed by atoms with Gasteiger partial charge in [-0.05, 0) is 36.8 Å². The number of aromatic amines is 1. The van der Waals surface area contributed by atoms with Gasteiger partial charge in [-0.15, -0.1) is 11.8 Å². The Hall–Kier alpha value is -2.51. The molecule has 7 heteroatoms. The number of aromatic nitrogens is 2. The number of nitrogens with one attached hydrogen (secondary N) is 2. The molecule has 1 aromatic heterocycles. The number of H-pyrrole nitrogens is 1. The highest BCUT2D eigenvalue weighted by molar-refractivity contribution is 7.99. The number of benzene rings is 2. The van der Waals surface area contributed by atoms with Gasteiger partial charge >= 0.3 is 0 Å². The predicted octanol–water partition coefficient (Wildman–Crippen LogP) is 4.10. The topological polar surface area (TPSA) is 74.8 Å². The maximum Gasteiger partial charge on any atom is 0.251 e. The van der Waals surface area contributed by atoms with Crippen molar-refractivity contribution in [3.05, 3.63) is 82.3 Å². The van der Waals surface area contributed by atoms with E-state index in [1.54, 1.807) is 11.8 Å². The van der Waals surface area contributed by atoms with Crippen molar-refractivity contribution in [1.82, 2.24) is 9.97 Å². The maximum absolute atomic E-state index is 12.1. The number of aryl methyl sites for hydroxylation is 1. The Morgan fingerprint density at radius 2 is 1.89 bits per heavy atom. The maximum atomic E-state index is 12.1. The second-order valence-corrected chi connectivity index (χ2v) is 7.86. The number of amides is 1. The average Bonchev–Trinajstić information content (AvgIpc) is 2.65. The zero-order chi connectivity index (χ0) is 19.1. The molecule has 3 aromatic rings. The molecule has 2 N–H and O–H groups in total. The summed E-state index contributed by atoms with van der Waals surface area (Å²) in [5.41, 5.74) is 2.31. The van der Waals surface area contributed by atoms with E-state index >= 15 is 0 Å². The lowest BCUT2D eigenvalue weighted by Crippen LogP contribution is -2.15. The van der Waals surface area contributed by atoms with Crippen LogP contribution in [0.5, 0.6) is 0 Å². The summed E-state index contributed by atoms with van der Waals surface area (Å²) >= 11 is 2.83. The van der Waals surface area contributed by atoms with Gasteiger partial charge in [0.15, 0.2) is 5.16 Å². The molecule has 1 heterocycles. The molecule has 0 atom stereocenters. The Morgan fingerprint density at radius 1 is 1.07 bits per heavy atom. The van der Waals surface area contributed by atoms with E-state index < -0.39 is 0 Å². The molecule has 0 aliphatic rings. The average molecular weight is 398 g/mol. The Morgan fingerprint density at radius 3 is 2.67 bits per heavy atom. The van der Waals surface area contributed by atoms with Crippen LogP contribution in [0, 0.1) is 6.92 Å². The third-order valence-electron chi connectivity index (χ3n) is 3.54. The van der Waals surface area contributed by atoms with Gasteiger partial charge in [-0.25, -0.2) is 4.98 Å². The number of anilines is 1. The van der Waals surface area contributed by atoms with Gasteiger partial charge in [0.1, 0.15) is 0 Å². The fourth-order valence-electron chi connectivity index (χ4n) is 2.35. The number of rotatable bonds is 7. The normalized spacial score (nSPS) is 10.6. The van der Waals surface area contributed by atoms with Crippen LogP contribution in [0.2, 0.25) is 0 Å². The third kappa shape index (κ3) is 6.30. The van der Waals surface area contributed by atoms with Crippen LogP contribution >= 0.6 is 23.5 Å². The zero-order valence-electron chi connectivity index (χ0n) is 14.8. The van der Waals surface area contributed by atoms with Crippen molar-refractivity contribution in [2.75, 3.05) is 11.1 Å². The van der Waals surface area contributed by atoms with E-state index in [0.717, 1.165) is 16.1 Å². The van der Waals surface area contributed by atoms with E-state index in [1.165, 1.54) is 17.8 Å². The van der Waals surface area contributed by atoms with Crippen LogP contribution in [-0.2, 0) is 10.5 Å². The van der Waals surface area contributed by atoms with Gasteiger partial charge in [0.2, 0.25) is 5.91 Å². The summed E-state index contributed by atoms with van der Waals surface area (Å²) in [6.45, 7) is 1.97. The summed E-state index contributed by atoms with van der Waals surface area (Å²) in [6, 6.07) is 19.1. The van der Waals surface area contributed by atoms with E-state index in [4.69, 9.17) is 0 Å². The molecular formula is C20H19N3O2S2. The Kier molecular flexibility index (Phi) is 6.73. The number of hydrogen-bond donors (Lipinski definition) is 2. The molecule has 3 rings (SSSR count). The molecule has 138 valence electrons. The number of nitrogens with zero attached hydrogens (tertiary/aromatic N) is 1. The van der Waals surface area contributed by atoms with Gasteiger partial charge in [-0.2, -0.15) is 0 Å². The molecule has 0 spiro atoms. The molecule has 0 unspecified atom stereocenters. The molecule has 0 saturated heterocycles. The Bertz CT molecular complexity index is 974. The Labute approximate surface area is 166 Å². The fraction of sp³-hybridized carbons (Fsp3) is 0.150. The minimum Gasteiger partial charge on any atom is -0.325 e. The van der Waals surface area contributed by atoms with Crippen molar-refractivity contribution in [3.8, 4) is 0 Å². The number of carbonyl (C=O) groups is 1. The lowest BCUT2D eigenvalue weighted by molar-refractivity contribution is -0.113. The summed E-state index contributed by atoms with van der Waals surface area (Å²) in [5.74, 6) is 0.626. The van der Waals surface area contributed by atoms with Crippen molar-refractivity contribution < 1.29 is 4.79 Å². The molecule has 0 radical (unpaired) electrons. The lowest BCUT2D eigenvalue weighted by atomic mass is 10.2. The predicted molar refractivity (Wildman–Crippen MR) is 111 cm³/mol. The van der Waals surface area contributed by atoms with E-state index in [2.05, 4.69) is 15.3 Å². The van der Waals surface area contributed by atoms with Crippen LogP contribution in [0.1, 0.15) is 11.3 Å². The highest BCUT2D eigenvalue weighted by Gasteiger charge is 2.08. The first-order chi connectivity index (χ1) is 13.1. The molecule has 2 aromatic carbocycles. The van der Waals surface area contributed by atoms with Crippen molar-refractivity contribution in [3.63, 3.8) is 0 Å². The van der Waals surface area contributed by atoms with Crippen molar-refractivity contribution >= 4 is 35.1 Å². The highest BCUT2D eigenvalue weighted by Crippen LogP contribution is 2.22. The van der Waals surface area contributed by atoms with Crippen molar-refractivity contribution in [2.45, 2.75) is 22.7 Å². The molecule has 5 nitrogen and oxygen atoms in total. The zero-order valence-corrected chi connectivity index (χ0v) is 16.4. The van der Waals surface area contributed by atoms with Crippen molar-refractivity contribution in [1.29, 1.82) is 0 Å². The molecule has 0 saturated carbocycles. The fourth-order valence-corrected chi connectivity index (χ4v) is 3.86. The van der Waals surface area contributed by atoms with Crippen LogP contribution in [0.3, 0.4) is 0 Å². The van der Waals surface area contributed by atoms with Gasteiger partial charge in [-0.1, -0.05) is 42.1 Å². The second-order valence-electron chi connectivity index (χ2n) is 5.85. The van der Waals surface area contributed by atoms with Crippen LogP contribution in [0.25, 0.3) is 0 Å². The highest BCUT2D eigenvalue weighted by atomic mass is 32.2. The monoisotopic (exact) mass is 397 g/mol. The number of carbonyl (C=O) groups excluding carboxylic acids is 1. The number of hydrogen-bond acceptors (Lipinski definition) is 5. The first-order valence-corrected chi connectivity index (χ1v) is 10.3. The largest absolute Gasteiger partial charge is 0.325 e. The van der Waals surface area contributed by atoms with E-state index in [0.29, 0.717) is 16.6 Å². The van der Waals surface area contributed by atoms with Crippen LogP contribution < -0.4 is 10.9 Å². The molecular weight excluding hydrogens is 378 g/mol. The lowest BCUT2D eigenvalue weighted by Gasteiger charge is -2.06. The standard InChI is InChI=1S/C20H19N3O2S2/c1-14-6-5-7-15(10-14)21-19(25)13-27-20-22-16(11-18(24)23-20)12-26-17-8-3-2-4-9-17/h2-11H,12-13H2,1H3,(H,21,25)(H,22,23,24). The molecule has 0 fully saturated rings.